The van der Waals surface area contributed by atoms with E-state index in [1.807, 2.05) is 31.2 Å². The van der Waals surface area contributed by atoms with Crippen LogP contribution < -0.4 is 16.2 Å². The van der Waals surface area contributed by atoms with Crippen molar-refractivity contribution in [2.45, 2.75) is 39.5 Å². The Labute approximate surface area is 165 Å². The Bertz CT molecular complexity index is 852. The van der Waals surface area contributed by atoms with E-state index in [-0.39, 0.29) is 36.1 Å². The van der Waals surface area contributed by atoms with Crippen LogP contribution in [0.3, 0.4) is 0 Å². The van der Waals surface area contributed by atoms with Crippen LogP contribution in [0.5, 0.6) is 0 Å². The van der Waals surface area contributed by atoms with Crippen LogP contribution in [0.25, 0.3) is 0 Å². The van der Waals surface area contributed by atoms with Crippen molar-refractivity contribution in [3.63, 3.8) is 0 Å². The summed E-state index contributed by atoms with van der Waals surface area (Å²) in [4.78, 5) is 36.1. The number of aryl methyl sites for hydroxylation is 1. The molecule has 2 aromatic carbocycles. The van der Waals surface area contributed by atoms with Crippen molar-refractivity contribution in [1.29, 1.82) is 0 Å². The molecule has 2 aromatic rings. The fourth-order valence-corrected chi connectivity index (χ4v) is 2.60. The Balaban J connectivity index is 1.75. The number of hydrazine groups is 1. The lowest BCUT2D eigenvalue weighted by Crippen LogP contribution is -2.43. The highest BCUT2D eigenvalue weighted by molar-refractivity contribution is 5.97. The molecular weight excluding hydrogens is 354 g/mol. The van der Waals surface area contributed by atoms with Gasteiger partial charge in [-0.1, -0.05) is 51.1 Å². The summed E-state index contributed by atoms with van der Waals surface area (Å²) in [5.41, 5.74) is 7.76. The molecule has 0 atom stereocenters. The second kappa shape index (κ2) is 9.17. The predicted octanol–water partition coefficient (Wildman–Crippen LogP) is 2.87. The molecule has 2 rings (SSSR count). The van der Waals surface area contributed by atoms with Gasteiger partial charge in [-0.15, -0.1) is 0 Å². The maximum atomic E-state index is 12.2. The highest BCUT2D eigenvalue weighted by Gasteiger charge is 2.14. The minimum Gasteiger partial charge on any atom is -0.352 e. The number of benzene rings is 2. The van der Waals surface area contributed by atoms with Crippen LogP contribution in [0.15, 0.2) is 48.5 Å². The van der Waals surface area contributed by atoms with E-state index in [0.29, 0.717) is 11.1 Å². The minimum atomic E-state index is -0.384. The van der Waals surface area contributed by atoms with E-state index in [1.165, 1.54) is 0 Å². The molecule has 0 aromatic heterocycles. The molecule has 28 heavy (non-hydrogen) atoms. The predicted molar refractivity (Wildman–Crippen MR) is 109 cm³/mol. The SMILES string of the molecule is Cc1ccccc1C(=O)NNC(=O)CCNC(=O)c1ccc(C(C)(C)C)cc1. The van der Waals surface area contributed by atoms with E-state index in [2.05, 4.69) is 36.9 Å². The molecule has 0 saturated heterocycles. The van der Waals surface area contributed by atoms with Crippen molar-refractivity contribution < 1.29 is 14.4 Å². The van der Waals surface area contributed by atoms with Crippen molar-refractivity contribution in [2.24, 2.45) is 0 Å². The molecule has 0 radical (unpaired) electrons. The number of carbonyl (C=O) groups is 3. The summed E-state index contributed by atoms with van der Waals surface area (Å²) in [6.45, 7) is 8.32. The van der Waals surface area contributed by atoms with Gasteiger partial charge in [-0.25, -0.2) is 0 Å². The molecular formula is C22H27N3O3. The van der Waals surface area contributed by atoms with Crippen LogP contribution in [0.4, 0.5) is 0 Å². The van der Waals surface area contributed by atoms with Crippen molar-refractivity contribution >= 4 is 17.7 Å². The molecule has 0 unspecified atom stereocenters. The molecule has 3 N–H and O–H groups in total. The van der Waals surface area contributed by atoms with Crippen molar-refractivity contribution in [3.05, 3.63) is 70.8 Å². The van der Waals surface area contributed by atoms with Gasteiger partial charge in [0.2, 0.25) is 5.91 Å². The lowest BCUT2D eigenvalue weighted by atomic mass is 9.87. The molecule has 6 heteroatoms. The van der Waals surface area contributed by atoms with Crippen molar-refractivity contribution in [3.8, 4) is 0 Å². The summed E-state index contributed by atoms with van der Waals surface area (Å²) in [5.74, 6) is -1.00. The average Bonchev–Trinajstić information content (AvgIpc) is 2.66. The van der Waals surface area contributed by atoms with Crippen LogP contribution in [-0.4, -0.2) is 24.3 Å². The van der Waals surface area contributed by atoms with Gasteiger partial charge >= 0.3 is 0 Å². The second-order valence-corrected chi connectivity index (χ2v) is 7.65. The Kier molecular flexibility index (Phi) is 6.93. The molecule has 0 aliphatic rings. The van der Waals surface area contributed by atoms with E-state index >= 15 is 0 Å². The first-order valence-corrected chi connectivity index (χ1v) is 9.22. The lowest BCUT2D eigenvalue weighted by molar-refractivity contribution is -0.121. The monoisotopic (exact) mass is 381 g/mol. The standard InChI is InChI=1S/C22H27N3O3/c1-15-7-5-6-8-18(15)21(28)25-24-19(26)13-14-23-20(27)16-9-11-17(12-10-16)22(2,3)4/h5-12H,13-14H2,1-4H3,(H,23,27)(H,24,26)(H,25,28). The maximum absolute atomic E-state index is 12.2. The Morgan fingerprint density at radius 1 is 0.857 bits per heavy atom. The third-order valence-corrected chi connectivity index (χ3v) is 4.36. The van der Waals surface area contributed by atoms with Crippen LogP contribution >= 0.6 is 0 Å². The lowest BCUT2D eigenvalue weighted by Gasteiger charge is -2.19. The number of nitrogens with one attached hydrogen (secondary N) is 3. The van der Waals surface area contributed by atoms with E-state index in [1.54, 1.807) is 24.3 Å². The molecule has 0 aliphatic heterocycles. The molecule has 0 fully saturated rings. The average molecular weight is 381 g/mol. The summed E-state index contributed by atoms with van der Waals surface area (Å²) in [6.07, 6.45) is 0.0554. The van der Waals surface area contributed by atoms with Crippen molar-refractivity contribution in [2.75, 3.05) is 6.54 Å². The normalized spacial score (nSPS) is 10.9. The zero-order valence-electron chi connectivity index (χ0n) is 16.8. The largest absolute Gasteiger partial charge is 0.352 e. The summed E-state index contributed by atoms with van der Waals surface area (Å²) < 4.78 is 0. The van der Waals surface area contributed by atoms with Gasteiger partial charge in [-0.05, 0) is 41.7 Å². The van der Waals surface area contributed by atoms with Gasteiger partial charge in [0, 0.05) is 24.1 Å². The Morgan fingerprint density at radius 3 is 2.11 bits per heavy atom. The molecule has 0 saturated carbocycles. The smallest absolute Gasteiger partial charge is 0.269 e. The van der Waals surface area contributed by atoms with Gasteiger partial charge in [-0.2, -0.15) is 0 Å². The first-order valence-electron chi connectivity index (χ1n) is 9.22. The first kappa shape index (κ1) is 21.2. The zero-order valence-corrected chi connectivity index (χ0v) is 16.8. The molecule has 0 aliphatic carbocycles. The number of hydrogen-bond acceptors (Lipinski definition) is 3. The van der Waals surface area contributed by atoms with Crippen LogP contribution in [0.2, 0.25) is 0 Å². The number of hydrogen-bond donors (Lipinski definition) is 3. The summed E-state index contributed by atoms with van der Waals surface area (Å²) in [7, 11) is 0. The number of rotatable bonds is 5. The minimum absolute atomic E-state index is 0.0236. The molecule has 6 nitrogen and oxygen atoms in total. The van der Waals surface area contributed by atoms with Crippen LogP contribution in [0, 0.1) is 6.92 Å². The number of carbonyl (C=O) groups excluding carboxylic acids is 3. The quantitative estimate of drug-likeness (QED) is 0.696. The van der Waals surface area contributed by atoms with E-state index in [0.717, 1.165) is 11.1 Å². The summed E-state index contributed by atoms with van der Waals surface area (Å²) in [5, 5.41) is 2.70. The van der Waals surface area contributed by atoms with Gasteiger partial charge in [0.1, 0.15) is 0 Å². The number of amides is 3. The van der Waals surface area contributed by atoms with Gasteiger partial charge in [0.15, 0.2) is 0 Å². The fourth-order valence-electron chi connectivity index (χ4n) is 2.60. The third kappa shape index (κ3) is 5.94. The van der Waals surface area contributed by atoms with Gasteiger partial charge < -0.3 is 5.32 Å². The molecule has 3 amide bonds. The van der Waals surface area contributed by atoms with Gasteiger partial charge in [0.25, 0.3) is 11.8 Å². The molecule has 0 spiro atoms. The van der Waals surface area contributed by atoms with E-state index < -0.39 is 0 Å². The molecule has 0 heterocycles. The third-order valence-electron chi connectivity index (χ3n) is 4.36. The van der Waals surface area contributed by atoms with E-state index in [9.17, 15) is 14.4 Å². The van der Waals surface area contributed by atoms with Crippen molar-refractivity contribution in [1.82, 2.24) is 16.2 Å². The first-order chi connectivity index (χ1) is 13.2. The highest BCUT2D eigenvalue weighted by atomic mass is 16.2. The van der Waals surface area contributed by atoms with Crippen LogP contribution in [0.1, 0.15) is 59.0 Å². The highest BCUT2D eigenvalue weighted by Crippen LogP contribution is 2.22. The molecule has 0 bridgehead atoms. The Morgan fingerprint density at radius 2 is 1.50 bits per heavy atom. The van der Waals surface area contributed by atoms with Gasteiger partial charge in [-0.3, -0.25) is 25.2 Å². The fraction of sp³-hybridized carbons (Fsp3) is 0.318. The van der Waals surface area contributed by atoms with Crippen LogP contribution in [-0.2, 0) is 10.2 Å². The molecule has 148 valence electrons. The maximum Gasteiger partial charge on any atom is 0.269 e. The zero-order chi connectivity index (χ0) is 20.7. The van der Waals surface area contributed by atoms with Gasteiger partial charge in [0.05, 0.1) is 0 Å². The topological polar surface area (TPSA) is 87.3 Å². The van der Waals surface area contributed by atoms with E-state index in [4.69, 9.17) is 0 Å². The second-order valence-electron chi connectivity index (χ2n) is 7.65. The Hall–Kier alpha value is -3.15. The summed E-state index contributed by atoms with van der Waals surface area (Å²) >= 11 is 0. The summed E-state index contributed by atoms with van der Waals surface area (Å²) in [6, 6.07) is 14.5.